The zero-order valence-electron chi connectivity index (χ0n) is 8.00. The molecule has 0 spiro atoms. The summed E-state index contributed by atoms with van der Waals surface area (Å²) < 4.78 is 0. The monoisotopic (exact) mass is 180 g/mol. The van der Waals surface area contributed by atoms with E-state index in [1.165, 1.54) is 11.1 Å². The number of rotatable bonds is 3. The van der Waals surface area contributed by atoms with Crippen molar-refractivity contribution in [2.75, 3.05) is 0 Å². The molecule has 0 amide bonds. The Hall–Kier alpha value is -0.430. The topological polar surface area (TPSA) is 0 Å². The fourth-order valence-corrected chi connectivity index (χ4v) is 1.77. The Labute approximate surface area is 79.4 Å². The van der Waals surface area contributed by atoms with E-state index in [0.29, 0.717) is 0 Å². The summed E-state index contributed by atoms with van der Waals surface area (Å²) in [5.41, 5.74) is 2.80. The molecule has 0 aromatic heterocycles. The molecule has 1 aromatic carbocycles. The Morgan fingerprint density at radius 3 is 2.67 bits per heavy atom. The molecule has 0 aliphatic rings. The smallest absolute Gasteiger partial charge is 0.0187 e. The van der Waals surface area contributed by atoms with E-state index in [1.54, 1.807) is 0 Å². The first-order chi connectivity index (χ1) is 5.68. The Bertz CT molecular complexity index is 241. The molecular formula is C11H16S. The van der Waals surface area contributed by atoms with Crippen LogP contribution >= 0.6 is 11.8 Å². The van der Waals surface area contributed by atoms with Gasteiger partial charge in [0.15, 0.2) is 0 Å². The van der Waals surface area contributed by atoms with Crippen LogP contribution in [-0.4, -0.2) is 5.25 Å². The summed E-state index contributed by atoms with van der Waals surface area (Å²) in [4.78, 5) is 0. The fraction of sp³-hybridized carbons (Fsp3) is 0.455. The highest BCUT2D eigenvalue weighted by molar-refractivity contribution is 7.99. The number of aryl methyl sites for hydroxylation is 1. The molecule has 1 rings (SSSR count). The third kappa shape index (κ3) is 3.31. The average Bonchev–Trinajstić information content (AvgIpc) is 2.01. The van der Waals surface area contributed by atoms with Crippen LogP contribution in [0.15, 0.2) is 24.3 Å². The van der Waals surface area contributed by atoms with Crippen LogP contribution in [0.4, 0.5) is 0 Å². The first kappa shape index (κ1) is 9.66. The summed E-state index contributed by atoms with van der Waals surface area (Å²) in [5, 5.41) is 0.727. The lowest BCUT2D eigenvalue weighted by Gasteiger charge is -2.04. The van der Waals surface area contributed by atoms with E-state index in [0.717, 1.165) is 11.0 Å². The second-order valence-corrected chi connectivity index (χ2v) is 4.91. The molecule has 0 atom stereocenters. The minimum absolute atomic E-state index is 0.727. The van der Waals surface area contributed by atoms with Crippen molar-refractivity contribution in [3.05, 3.63) is 35.4 Å². The van der Waals surface area contributed by atoms with Crippen LogP contribution < -0.4 is 0 Å². The van der Waals surface area contributed by atoms with Gasteiger partial charge in [0.05, 0.1) is 0 Å². The van der Waals surface area contributed by atoms with E-state index >= 15 is 0 Å². The Morgan fingerprint density at radius 1 is 1.33 bits per heavy atom. The molecule has 0 radical (unpaired) electrons. The molecule has 0 aliphatic heterocycles. The standard InChI is InChI=1S/C11H16S/c1-9(2)12-8-11-6-4-5-10(3)7-11/h4-7,9H,8H2,1-3H3. The predicted molar refractivity (Wildman–Crippen MR) is 57.6 cm³/mol. The lowest BCUT2D eigenvalue weighted by Crippen LogP contribution is -1.88. The minimum Gasteiger partial charge on any atom is -0.154 e. The Balaban J connectivity index is 2.52. The van der Waals surface area contributed by atoms with Crippen molar-refractivity contribution in [1.82, 2.24) is 0 Å². The highest BCUT2D eigenvalue weighted by atomic mass is 32.2. The van der Waals surface area contributed by atoms with Crippen molar-refractivity contribution >= 4 is 11.8 Å². The summed E-state index contributed by atoms with van der Waals surface area (Å²) in [6.07, 6.45) is 0. The summed E-state index contributed by atoms with van der Waals surface area (Å²) >= 11 is 1.99. The first-order valence-corrected chi connectivity index (χ1v) is 5.40. The molecular weight excluding hydrogens is 164 g/mol. The maximum Gasteiger partial charge on any atom is 0.0187 e. The minimum atomic E-state index is 0.727. The molecule has 0 nitrogen and oxygen atoms in total. The molecule has 1 aromatic rings. The molecule has 0 aliphatic carbocycles. The van der Waals surface area contributed by atoms with Crippen LogP contribution in [0.3, 0.4) is 0 Å². The van der Waals surface area contributed by atoms with Gasteiger partial charge < -0.3 is 0 Å². The molecule has 66 valence electrons. The lowest BCUT2D eigenvalue weighted by molar-refractivity contribution is 1.11. The highest BCUT2D eigenvalue weighted by Crippen LogP contribution is 2.17. The molecule has 12 heavy (non-hydrogen) atoms. The molecule has 0 fully saturated rings. The zero-order valence-corrected chi connectivity index (χ0v) is 8.82. The van der Waals surface area contributed by atoms with Gasteiger partial charge in [0.1, 0.15) is 0 Å². The van der Waals surface area contributed by atoms with E-state index in [1.807, 2.05) is 11.8 Å². The normalized spacial score (nSPS) is 10.7. The van der Waals surface area contributed by atoms with Gasteiger partial charge in [-0.3, -0.25) is 0 Å². The van der Waals surface area contributed by atoms with Crippen molar-refractivity contribution in [1.29, 1.82) is 0 Å². The third-order valence-corrected chi connectivity index (χ3v) is 2.83. The summed E-state index contributed by atoms with van der Waals surface area (Å²) in [6, 6.07) is 8.73. The van der Waals surface area contributed by atoms with Crippen molar-refractivity contribution in [2.45, 2.75) is 31.8 Å². The fourth-order valence-electron chi connectivity index (χ4n) is 1.06. The SMILES string of the molecule is Cc1cccc(CSC(C)C)c1. The van der Waals surface area contributed by atoms with Crippen molar-refractivity contribution in [3.8, 4) is 0 Å². The van der Waals surface area contributed by atoms with Crippen molar-refractivity contribution in [2.24, 2.45) is 0 Å². The van der Waals surface area contributed by atoms with Crippen LogP contribution in [0.25, 0.3) is 0 Å². The first-order valence-electron chi connectivity index (χ1n) is 4.35. The summed E-state index contributed by atoms with van der Waals surface area (Å²) in [7, 11) is 0. The van der Waals surface area contributed by atoms with Crippen molar-refractivity contribution in [3.63, 3.8) is 0 Å². The molecule has 0 N–H and O–H groups in total. The van der Waals surface area contributed by atoms with Gasteiger partial charge in [0.2, 0.25) is 0 Å². The quantitative estimate of drug-likeness (QED) is 0.684. The van der Waals surface area contributed by atoms with Crippen molar-refractivity contribution < 1.29 is 0 Å². The van der Waals surface area contributed by atoms with E-state index in [4.69, 9.17) is 0 Å². The maximum absolute atomic E-state index is 2.26. The largest absolute Gasteiger partial charge is 0.154 e. The Morgan fingerprint density at radius 2 is 2.08 bits per heavy atom. The highest BCUT2D eigenvalue weighted by Gasteiger charge is 1.96. The molecule has 0 saturated heterocycles. The van der Waals surface area contributed by atoms with Gasteiger partial charge in [-0.1, -0.05) is 43.7 Å². The molecule has 1 heteroatoms. The number of hydrogen-bond donors (Lipinski definition) is 0. The average molecular weight is 180 g/mol. The number of thioether (sulfide) groups is 1. The van der Waals surface area contributed by atoms with Gasteiger partial charge in [-0.25, -0.2) is 0 Å². The van der Waals surface area contributed by atoms with Gasteiger partial charge in [0.25, 0.3) is 0 Å². The van der Waals surface area contributed by atoms with Crippen LogP contribution in [-0.2, 0) is 5.75 Å². The van der Waals surface area contributed by atoms with Gasteiger partial charge >= 0.3 is 0 Å². The maximum atomic E-state index is 2.26. The van der Waals surface area contributed by atoms with E-state index in [9.17, 15) is 0 Å². The molecule has 0 saturated carbocycles. The lowest BCUT2D eigenvalue weighted by atomic mass is 10.2. The third-order valence-electron chi connectivity index (χ3n) is 1.67. The Kier molecular flexibility index (Phi) is 3.67. The van der Waals surface area contributed by atoms with Gasteiger partial charge in [-0.15, -0.1) is 0 Å². The summed E-state index contributed by atoms with van der Waals surface area (Å²) in [5.74, 6) is 1.14. The second kappa shape index (κ2) is 4.56. The van der Waals surface area contributed by atoms with Gasteiger partial charge in [-0.2, -0.15) is 11.8 Å². The van der Waals surface area contributed by atoms with E-state index < -0.39 is 0 Å². The molecule has 0 heterocycles. The van der Waals surface area contributed by atoms with E-state index in [-0.39, 0.29) is 0 Å². The van der Waals surface area contributed by atoms with Crippen LogP contribution in [0.2, 0.25) is 0 Å². The van der Waals surface area contributed by atoms with Crippen LogP contribution in [0.1, 0.15) is 25.0 Å². The second-order valence-electron chi connectivity index (χ2n) is 3.35. The zero-order chi connectivity index (χ0) is 8.97. The molecule has 0 bridgehead atoms. The predicted octanol–water partition coefficient (Wildman–Crippen LogP) is 3.64. The van der Waals surface area contributed by atoms with Gasteiger partial charge in [-0.05, 0) is 17.7 Å². The van der Waals surface area contributed by atoms with Crippen LogP contribution in [0.5, 0.6) is 0 Å². The summed E-state index contributed by atoms with van der Waals surface area (Å²) in [6.45, 7) is 6.62. The van der Waals surface area contributed by atoms with Crippen LogP contribution in [0, 0.1) is 6.92 Å². The molecule has 0 unspecified atom stereocenters. The van der Waals surface area contributed by atoms with E-state index in [2.05, 4.69) is 45.0 Å². The van der Waals surface area contributed by atoms with Gasteiger partial charge in [0, 0.05) is 5.75 Å². The number of benzene rings is 1. The number of hydrogen-bond acceptors (Lipinski definition) is 1.